The molecule has 96 valence electrons. The molecule has 0 aromatic carbocycles. The van der Waals surface area contributed by atoms with Crippen LogP contribution < -0.4 is 10.1 Å². The van der Waals surface area contributed by atoms with E-state index in [-0.39, 0.29) is 6.10 Å². The molecule has 0 saturated heterocycles. The van der Waals surface area contributed by atoms with Crippen LogP contribution in [0.25, 0.3) is 0 Å². The van der Waals surface area contributed by atoms with E-state index < -0.39 is 0 Å². The van der Waals surface area contributed by atoms with E-state index in [0.717, 1.165) is 12.2 Å². The SMILES string of the molecule is CCNCc1cncc(OCCOC(C)C)n1. The smallest absolute Gasteiger partial charge is 0.232 e. The van der Waals surface area contributed by atoms with E-state index in [1.54, 1.807) is 12.4 Å². The summed E-state index contributed by atoms with van der Waals surface area (Å²) >= 11 is 0. The van der Waals surface area contributed by atoms with E-state index >= 15 is 0 Å². The third-order valence-electron chi connectivity index (χ3n) is 2.00. The monoisotopic (exact) mass is 239 g/mol. The molecule has 0 atom stereocenters. The van der Waals surface area contributed by atoms with Gasteiger partial charge in [-0.05, 0) is 20.4 Å². The topological polar surface area (TPSA) is 56.3 Å². The van der Waals surface area contributed by atoms with Gasteiger partial charge in [0.05, 0.1) is 24.6 Å². The first kappa shape index (κ1) is 13.9. The van der Waals surface area contributed by atoms with Gasteiger partial charge in [-0.1, -0.05) is 6.92 Å². The molecule has 0 aliphatic heterocycles. The average Bonchev–Trinajstić information content (AvgIpc) is 2.32. The first-order chi connectivity index (χ1) is 8.22. The third-order valence-corrected chi connectivity index (χ3v) is 2.00. The molecule has 0 radical (unpaired) electrons. The highest BCUT2D eigenvalue weighted by atomic mass is 16.5. The summed E-state index contributed by atoms with van der Waals surface area (Å²) in [7, 11) is 0. The zero-order valence-corrected chi connectivity index (χ0v) is 10.8. The molecule has 0 aliphatic carbocycles. The summed E-state index contributed by atoms with van der Waals surface area (Å²) in [5, 5.41) is 3.19. The Morgan fingerprint density at radius 3 is 2.82 bits per heavy atom. The zero-order valence-electron chi connectivity index (χ0n) is 10.8. The number of ether oxygens (including phenoxy) is 2. The standard InChI is InChI=1S/C12H21N3O2/c1-4-13-7-11-8-14-9-12(15-11)17-6-5-16-10(2)3/h8-10,13H,4-7H2,1-3H3. The van der Waals surface area contributed by atoms with Gasteiger partial charge in [-0.3, -0.25) is 4.98 Å². The van der Waals surface area contributed by atoms with Crippen LogP contribution >= 0.6 is 0 Å². The lowest BCUT2D eigenvalue weighted by atomic mass is 10.4. The Bertz CT molecular complexity index is 318. The molecule has 1 heterocycles. The molecule has 0 fully saturated rings. The van der Waals surface area contributed by atoms with Crippen LogP contribution in [-0.2, 0) is 11.3 Å². The molecule has 1 aromatic heterocycles. The fourth-order valence-electron chi connectivity index (χ4n) is 1.22. The van der Waals surface area contributed by atoms with Crippen molar-refractivity contribution in [2.24, 2.45) is 0 Å². The zero-order chi connectivity index (χ0) is 12.5. The highest BCUT2D eigenvalue weighted by molar-refractivity contribution is 5.08. The van der Waals surface area contributed by atoms with E-state index in [9.17, 15) is 0 Å². The van der Waals surface area contributed by atoms with Crippen LogP contribution in [0.5, 0.6) is 5.88 Å². The lowest BCUT2D eigenvalue weighted by Gasteiger charge is -2.09. The van der Waals surface area contributed by atoms with Crippen molar-refractivity contribution in [3.8, 4) is 5.88 Å². The Balaban J connectivity index is 2.32. The Kier molecular flexibility index (Phi) is 6.50. The predicted octanol–water partition coefficient (Wildman–Crippen LogP) is 1.39. The summed E-state index contributed by atoms with van der Waals surface area (Å²) in [4.78, 5) is 8.41. The van der Waals surface area contributed by atoms with Gasteiger partial charge in [0.2, 0.25) is 5.88 Å². The second kappa shape index (κ2) is 7.97. The maximum Gasteiger partial charge on any atom is 0.232 e. The van der Waals surface area contributed by atoms with Crippen molar-refractivity contribution in [1.82, 2.24) is 15.3 Å². The van der Waals surface area contributed by atoms with Gasteiger partial charge in [0.1, 0.15) is 6.61 Å². The molecule has 0 bridgehead atoms. The van der Waals surface area contributed by atoms with E-state index in [4.69, 9.17) is 9.47 Å². The fourth-order valence-corrected chi connectivity index (χ4v) is 1.22. The Hall–Kier alpha value is -1.20. The molecule has 0 aliphatic rings. The molecular weight excluding hydrogens is 218 g/mol. The summed E-state index contributed by atoms with van der Waals surface area (Å²) in [5.41, 5.74) is 0.883. The van der Waals surface area contributed by atoms with Gasteiger partial charge in [-0.2, -0.15) is 0 Å². The first-order valence-electron chi connectivity index (χ1n) is 5.98. The molecule has 0 unspecified atom stereocenters. The number of rotatable bonds is 8. The number of nitrogens with one attached hydrogen (secondary N) is 1. The molecule has 0 amide bonds. The molecule has 1 rings (SSSR count). The van der Waals surface area contributed by atoms with Gasteiger partial charge < -0.3 is 14.8 Å². The van der Waals surface area contributed by atoms with Gasteiger partial charge in [0.15, 0.2) is 0 Å². The Labute approximate surface area is 103 Å². The number of nitrogens with zero attached hydrogens (tertiary/aromatic N) is 2. The van der Waals surface area contributed by atoms with Gasteiger partial charge >= 0.3 is 0 Å². The van der Waals surface area contributed by atoms with Crippen LogP contribution in [0.1, 0.15) is 26.5 Å². The molecule has 5 nitrogen and oxygen atoms in total. The predicted molar refractivity (Wildman–Crippen MR) is 66.0 cm³/mol. The minimum Gasteiger partial charge on any atom is -0.474 e. The molecule has 1 N–H and O–H groups in total. The number of aromatic nitrogens is 2. The van der Waals surface area contributed by atoms with Gasteiger partial charge in [0, 0.05) is 12.7 Å². The first-order valence-corrected chi connectivity index (χ1v) is 5.98. The van der Waals surface area contributed by atoms with Gasteiger partial charge in [-0.25, -0.2) is 4.98 Å². The minimum absolute atomic E-state index is 0.227. The van der Waals surface area contributed by atoms with Crippen LogP contribution in [0.2, 0.25) is 0 Å². The lowest BCUT2D eigenvalue weighted by molar-refractivity contribution is 0.0541. The molecule has 17 heavy (non-hydrogen) atoms. The molecule has 1 aromatic rings. The summed E-state index contributed by atoms with van der Waals surface area (Å²) in [6.07, 6.45) is 3.58. The van der Waals surface area contributed by atoms with Crippen LogP contribution in [0.3, 0.4) is 0 Å². The van der Waals surface area contributed by atoms with Gasteiger partial charge in [-0.15, -0.1) is 0 Å². The largest absolute Gasteiger partial charge is 0.474 e. The number of hydrogen-bond donors (Lipinski definition) is 1. The van der Waals surface area contributed by atoms with Crippen molar-refractivity contribution in [2.75, 3.05) is 19.8 Å². The summed E-state index contributed by atoms with van der Waals surface area (Å²) in [6.45, 7) is 8.73. The lowest BCUT2D eigenvalue weighted by Crippen LogP contribution is -2.15. The highest BCUT2D eigenvalue weighted by Crippen LogP contribution is 2.04. The normalized spacial score (nSPS) is 10.8. The van der Waals surface area contributed by atoms with E-state index in [1.165, 1.54) is 0 Å². The second-order valence-corrected chi connectivity index (χ2v) is 3.90. The van der Waals surface area contributed by atoms with E-state index in [1.807, 2.05) is 13.8 Å². The van der Waals surface area contributed by atoms with E-state index in [2.05, 4.69) is 22.2 Å². The van der Waals surface area contributed by atoms with E-state index in [0.29, 0.717) is 25.6 Å². The van der Waals surface area contributed by atoms with Crippen LogP contribution in [0, 0.1) is 0 Å². The quantitative estimate of drug-likeness (QED) is 0.695. The van der Waals surface area contributed by atoms with Crippen LogP contribution in [0.15, 0.2) is 12.4 Å². The second-order valence-electron chi connectivity index (χ2n) is 3.90. The van der Waals surface area contributed by atoms with Crippen molar-refractivity contribution in [3.63, 3.8) is 0 Å². The van der Waals surface area contributed by atoms with Crippen molar-refractivity contribution < 1.29 is 9.47 Å². The molecule has 0 saturated carbocycles. The fraction of sp³-hybridized carbons (Fsp3) is 0.667. The number of hydrogen-bond acceptors (Lipinski definition) is 5. The summed E-state index contributed by atoms with van der Waals surface area (Å²) < 4.78 is 10.8. The maximum atomic E-state index is 5.45. The summed E-state index contributed by atoms with van der Waals surface area (Å²) in [5.74, 6) is 0.549. The highest BCUT2D eigenvalue weighted by Gasteiger charge is 2.00. The molecule has 5 heteroatoms. The van der Waals surface area contributed by atoms with Crippen molar-refractivity contribution in [2.45, 2.75) is 33.4 Å². The average molecular weight is 239 g/mol. The Morgan fingerprint density at radius 1 is 1.29 bits per heavy atom. The Morgan fingerprint density at radius 2 is 2.12 bits per heavy atom. The summed E-state index contributed by atoms with van der Waals surface area (Å²) in [6, 6.07) is 0. The third kappa shape index (κ3) is 6.19. The maximum absolute atomic E-state index is 5.45. The van der Waals surface area contributed by atoms with Crippen LogP contribution in [-0.4, -0.2) is 35.8 Å². The van der Waals surface area contributed by atoms with Crippen molar-refractivity contribution in [3.05, 3.63) is 18.1 Å². The van der Waals surface area contributed by atoms with Crippen molar-refractivity contribution in [1.29, 1.82) is 0 Å². The van der Waals surface area contributed by atoms with Crippen LogP contribution in [0.4, 0.5) is 0 Å². The van der Waals surface area contributed by atoms with Gasteiger partial charge in [0.25, 0.3) is 0 Å². The molecular formula is C12H21N3O2. The molecule has 0 spiro atoms. The van der Waals surface area contributed by atoms with Crippen molar-refractivity contribution >= 4 is 0 Å². The minimum atomic E-state index is 0.227.